The fourth-order valence-electron chi connectivity index (χ4n) is 2.00. The Morgan fingerprint density at radius 2 is 1.67 bits per heavy atom. The van der Waals surface area contributed by atoms with Gasteiger partial charge in [-0.3, -0.25) is 9.59 Å². The largest absolute Gasteiger partial charge is 0.467 e. The molecule has 2 N–H and O–H groups in total. The SMILES string of the molecule is CC[C@@H](C)[C@@H](NC(=O)[C@H](CC(C)C)NC(C)=O)C(=O)OC. The van der Waals surface area contributed by atoms with Crippen LogP contribution in [0.3, 0.4) is 0 Å². The van der Waals surface area contributed by atoms with Crippen molar-refractivity contribution in [3.8, 4) is 0 Å². The number of nitrogens with one attached hydrogen (secondary N) is 2. The molecule has 0 saturated heterocycles. The first kappa shape index (κ1) is 19.4. The third kappa shape index (κ3) is 7.11. The summed E-state index contributed by atoms with van der Waals surface area (Å²) in [5.74, 6) is -0.890. The predicted octanol–water partition coefficient (Wildman–Crippen LogP) is 1.24. The summed E-state index contributed by atoms with van der Waals surface area (Å²) in [7, 11) is 1.29. The standard InChI is InChI=1S/C15H28N2O4/c1-7-10(4)13(15(20)21-6)17-14(19)12(8-9(2)3)16-11(5)18/h9-10,12-13H,7-8H2,1-6H3,(H,16,18)(H,17,19)/t10-,12+,13-/m1/s1. The molecule has 0 spiro atoms. The lowest BCUT2D eigenvalue weighted by molar-refractivity contribution is -0.147. The van der Waals surface area contributed by atoms with Gasteiger partial charge in [-0.15, -0.1) is 0 Å². The van der Waals surface area contributed by atoms with Gasteiger partial charge in [0.05, 0.1) is 7.11 Å². The maximum absolute atomic E-state index is 12.3. The molecule has 3 atom stereocenters. The summed E-state index contributed by atoms with van der Waals surface area (Å²) in [6, 6.07) is -1.34. The molecule has 0 radical (unpaired) electrons. The van der Waals surface area contributed by atoms with Crippen LogP contribution in [0.25, 0.3) is 0 Å². The van der Waals surface area contributed by atoms with E-state index in [-0.39, 0.29) is 23.7 Å². The van der Waals surface area contributed by atoms with Gasteiger partial charge in [0.1, 0.15) is 12.1 Å². The van der Waals surface area contributed by atoms with E-state index in [0.29, 0.717) is 6.42 Å². The maximum atomic E-state index is 12.3. The third-order valence-electron chi connectivity index (χ3n) is 3.37. The first-order valence-electron chi connectivity index (χ1n) is 7.38. The maximum Gasteiger partial charge on any atom is 0.328 e. The van der Waals surface area contributed by atoms with Crippen LogP contribution in [0.5, 0.6) is 0 Å². The van der Waals surface area contributed by atoms with Crippen LogP contribution in [-0.2, 0) is 19.1 Å². The van der Waals surface area contributed by atoms with E-state index in [9.17, 15) is 14.4 Å². The van der Waals surface area contributed by atoms with E-state index in [1.54, 1.807) is 0 Å². The van der Waals surface area contributed by atoms with Crippen LogP contribution in [0.2, 0.25) is 0 Å². The van der Waals surface area contributed by atoms with Gasteiger partial charge in [0.15, 0.2) is 0 Å². The number of hydrogen-bond donors (Lipinski definition) is 2. The van der Waals surface area contributed by atoms with Crippen molar-refractivity contribution in [3.05, 3.63) is 0 Å². The van der Waals surface area contributed by atoms with Crippen molar-refractivity contribution in [1.82, 2.24) is 10.6 Å². The van der Waals surface area contributed by atoms with E-state index in [1.807, 2.05) is 27.7 Å². The third-order valence-corrected chi connectivity index (χ3v) is 3.37. The number of hydrogen-bond acceptors (Lipinski definition) is 4. The quantitative estimate of drug-likeness (QED) is 0.661. The highest BCUT2D eigenvalue weighted by atomic mass is 16.5. The molecule has 0 unspecified atom stereocenters. The van der Waals surface area contributed by atoms with Crippen molar-refractivity contribution < 1.29 is 19.1 Å². The normalized spacial score (nSPS) is 15.0. The number of esters is 1. The van der Waals surface area contributed by atoms with Crippen LogP contribution in [0.4, 0.5) is 0 Å². The average Bonchev–Trinajstić information content (AvgIpc) is 2.41. The van der Waals surface area contributed by atoms with Gasteiger partial charge in [-0.05, 0) is 18.3 Å². The second-order valence-corrected chi connectivity index (χ2v) is 5.78. The highest BCUT2D eigenvalue weighted by Gasteiger charge is 2.30. The molecule has 6 heteroatoms. The smallest absolute Gasteiger partial charge is 0.328 e. The lowest BCUT2D eigenvalue weighted by Gasteiger charge is -2.25. The molecule has 0 aliphatic rings. The average molecular weight is 300 g/mol. The predicted molar refractivity (Wildman–Crippen MR) is 80.5 cm³/mol. The zero-order valence-corrected chi connectivity index (χ0v) is 13.9. The van der Waals surface area contributed by atoms with Crippen LogP contribution >= 0.6 is 0 Å². The van der Waals surface area contributed by atoms with Crippen molar-refractivity contribution in [3.63, 3.8) is 0 Å². The Kier molecular flexibility index (Phi) is 8.66. The number of carbonyl (C=O) groups excluding carboxylic acids is 3. The van der Waals surface area contributed by atoms with Gasteiger partial charge in [0, 0.05) is 6.92 Å². The fraction of sp³-hybridized carbons (Fsp3) is 0.800. The van der Waals surface area contributed by atoms with E-state index in [0.717, 1.165) is 6.42 Å². The summed E-state index contributed by atoms with van der Waals surface area (Å²) in [5.41, 5.74) is 0. The fourth-order valence-corrected chi connectivity index (χ4v) is 2.00. The van der Waals surface area contributed by atoms with Gasteiger partial charge >= 0.3 is 5.97 Å². The van der Waals surface area contributed by atoms with Crippen molar-refractivity contribution in [2.24, 2.45) is 11.8 Å². The Bertz CT molecular complexity index is 369. The van der Waals surface area contributed by atoms with Crippen molar-refractivity contribution in [2.75, 3.05) is 7.11 Å². The Morgan fingerprint density at radius 1 is 1.10 bits per heavy atom. The molecular weight excluding hydrogens is 272 g/mol. The minimum atomic E-state index is -0.698. The molecule has 21 heavy (non-hydrogen) atoms. The van der Waals surface area contributed by atoms with Gasteiger partial charge < -0.3 is 15.4 Å². The Balaban J connectivity index is 4.96. The topological polar surface area (TPSA) is 84.5 Å². The van der Waals surface area contributed by atoms with Crippen molar-refractivity contribution >= 4 is 17.8 Å². The van der Waals surface area contributed by atoms with E-state index >= 15 is 0 Å². The summed E-state index contributed by atoms with van der Waals surface area (Å²) in [4.78, 5) is 35.3. The molecule has 0 bridgehead atoms. The lowest BCUT2D eigenvalue weighted by atomic mass is 9.97. The van der Waals surface area contributed by atoms with E-state index in [1.165, 1.54) is 14.0 Å². The molecule has 0 heterocycles. The first-order chi connectivity index (χ1) is 9.72. The lowest BCUT2D eigenvalue weighted by Crippen LogP contribution is -2.53. The summed E-state index contributed by atoms with van der Waals surface area (Å²) >= 11 is 0. The van der Waals surface area contributed by atoms with Gasteiger partial charge in [0.25, 0.3) is 0 Å². The summed E-state index contributed by atoms with van der Waals surface area (Å²) in [6.07, 6.45) is 1.24. The molecule has 0 aromatic carbocycles. The molecular formula is C15H28N2O4. The van der Waals surface area contributed by atoms with Gasteiger partial charge in [-0.1, -0.05) is 34.1 Å². The minimum Gasteiger partial charge on any atom is -0.467 e. The Morgan fingerprint density at radius 3 is 2.05 bits per heavy atom. The second-order valence-electron chi connectivity index (χ2n) is 5.78. The Labute approximate surface area is 127 Å². The summed E-state index contributed by atoms with van der Waals surface area (Å²) in [6.45, 7) is 9.11. The first-order valence-corrected chi connectivity index (χ1v) is 7.38. The zero-order chi connectivity index (χ0) is 16.6. The van der Waals surface area contributed by atoms with Crippen molar-refractivity contribution in [2.45, 2.75) is 59.5 Å². The molecule has 0 aromatic rings. The summed E-state index contributed by atoms with van der Waals surface area (Å²) in [5, 5.41) is 5.33. The van der Waals surface area contributed by atoms with E-state index < -0.39 is 18.1 Å². The molecule has 2 amide bonds. The molecule has 0 saturated carbocycles. The number of methoxy groups -OCH3 is 1. The Hall–Kier alpha value is -1.59. The number of ether oxygens (including phenoxy) is 1. The number of rotatable bonds is 8. The van der Waals surface area contributed by atoms with Gasteiger partial charge in [0.2, 0.25) is 11.8 Å². The highest BCUT2D eigenvalue weighted by molar-refractivity contribution is 5.90. The summed E-state index contributed by atoms with van der Waals surface area (Å²) < 4.78 is 4.74. The number of carbonyl (C=O) groups is 3. The number of amides is 2. The molecule has 0 aromatic heterocycles. The van der Waals surface area contributed by atoms with E-state index in [4.69, 9.17) is 4.74 Å². The highest BCUT2D eigenvalue weighted by Crippen LogP contribution is 2.11. The second kappa shape index (κ2) is 9.37. The zero-order valence-electron chi connectivity index (χ0n) is 13.9. The van der Waals surface area contributed by atoms with Crippen LogP contribution < -0.4 is 10.6 Å². The monoisotopic (exact) mass is 300 g/mol. The molecule has 0 rings (SSSR count). The minimum absolute atomic E-state index is 0.0431. The van der Waals surface area contributed by atoms with Crippen LogP contribution in [0.15, 0.2) is 0 Å². The molecule has 0 aliphatic heterocycles. The van der Waals surface area contributed by atoms with Crippen LogP contribution in [0, 0.1) is 11.8 Å². The van der Waals surface area contributed by atoms with Crippen molar-refractivity contribution in [1.29, 1.82) is 0 Å². The van der Waals surface area contributed by atoms with Crippen LogP contribution in [0.1, 0.15) is 47.5 Å². The molecule has 0 fully saturated rings. The molecule has 122 valence electrons. The molecule has 6 nitrogen and oxygen atoms in total. The van der Waals surface area contributed by atoms with Gasteiger partial charge in [-0.2, -0.15) is 0 Å². The molecule has 0 aliphatic carbocycles. The van der Waals surface area contributed by atoms with Gasteiger partial charge in [-0.25, -0.2) is 4.79 Å². The van der Waals surface area contributed by atoms with Crippen LogP contribution in [-0.4, -0.2) is 37.0 Å². The van der Waals surface area contributed by atoms with E-state index in [2.05, 4.69) is 10.6 Å².